The highest BCUT2D eigenvalue weighted by Gasteiger charge is 2.14. The van der Waals surface area contributed by atoms with E-state index in [9.17, 15) is 4.79 Å². The van der Waals surface area contributed by atoms with Crippen LogP contribution in [0.2, 0.25) is 0 Å². The summed E-state index contributed by atoms with van der Waals surface area (Å²) in [5.41, 5.74) is 9.29. The maximum atomic E-state index is 11.9. The van der Waals surface area contributed by atoms with E-state index >= 15 is 0 Å². The van der Waals surface area contributed by atoms with Gasteiger partial charge in [0.1, 0.15) is 0 Å². The summed E-state index contributed by atoms with van der Waals surface area (Å²) in [6.45, 7) is 3.93. The van der Waals surface area contributed by atoms with Crippen LogP contribution in [0.1, 0.15) is 31.2 Å². The van der Waals surface area contributed by atoms with Crippen LogP contribution >= 0.6 is 0 Å². The van der Waals surface area contributed by atoms with Gasteiger partial charge in [-0.05, 0) is 64.0 Å². The summed E-state index contributed by atoms with van der Waals surface area (Å²) in [5.74, 6) is 0.117. The number of nitrogens with one attached hydrogen (secondary N) is 1. The predicted octanol–water partition coefficient (Wildman–Crippen LogP) is 1.87. The lowest BCUT2D eigenvalue weighted by Crippen LogP contribution is -2.27. The molecule has 1 aliphatic heterocycles. The van der Waals surface area contributed by atoms with Gasteiger partial charge in [0, 0.05) is 26.1 Å². The average Bonchev–Trinajstić information content (AvgIpc) is 3.03. The van der Waals surface area contributed by atoms with Crippen LogP contribution in [0.15, 0.2) is 18.2 Å². The first-order valence-electron chi connectivity index (χ1n) is 8.61. The highest BCUT2D eigenvalue weighted by Crippen LogP contribution is 2.27. The molecular weight excluding hydrogens is 288 g/mol. The largest absolute Gasteiger partial charge is 0.397 e. The number of nitrogen functional groups attached to an aromatic ring is 1. The molecule has 0 radical (unpaired) electrons. The smallest absolute Gasteiger partial charge is 0.220 e. The molecule has 0 spiro atoms. The van der Waals surface area contributed by atoms with E-state index in [2.05, 4.69) is 27.2 Å². The van der Waals surface area contributed by atoms with Gasteiger partial charge in [0.2, 0.25) is 5.91 Å². The second-order valence-electron chi connectivity index (χ2n) is 6.59. The number of aryl methyl sites for hydroxylation is 1. The van der Waals surface area contributed by atoms with E-state index in [0.29, 0.717) is 6.42 Å². The van der Waals surface area contributed by atoms with Crippen molar-refractivity contribution in [1.29, 1.82) is 0 Å². The number of carbonyl (C=O) groups excluding carboxylic acids is 1. The summed E-state index contributed by atoms with van der Waals surface area (Å²) < 4.78 is 0. The van der Waals surface area contributed by atoms with Crippen LogP contribution in [0, 0.1) is 0 Å². The Bertz CT molecular complexity index is 510. The molecule has 1 aliphatic rings. The quantitative estimate of drug-likeness (QED) is 0.567. The van der Waals surface area contributed by atoms with Crippen molar-refractivity contribution in [3.63, 3.8) is 0 Å². The number of hydrogen-bond donors (Lipinski definition) is 2. The molecule has 0 saturated carbocycles. The molecule has 3 N–H and O–H groups in total. The molecule has 1 aromatic rings. The fourth-order valence-electron chi connectivity index (χ4n) is 2.97. The summed E-state index contributed by atoms with van der Waals surface area (Å²) in [6.07, 6.45) is 4.73. The molecule has 2 rings (SSSR count). The maximum absolute atomic E-state index is 11.9. The van der Waals surface area contributed by atoms with Crippen molar-refractivity contribution >= 4 is 17.3 Å². The molecule has 1 amide bonds. The molecule has 0 atom stereocenters. The molecule has 23 heavy (non-hydrogen) atoms. The minimum Gasteiger partial charge on any atom is -0.397 e. The lowest BCUT2D eigenvalue weighted by atomic mass is 10.1. The minimum absolute atomic E-state index is 0.117. The van der Waals surface area contributed by atoms with Gasteiger partial charge < -0.3 is 20.9 Å². The second-order valence-corrected chi connectivity index (χ2v) is 6.59. The van der Waals surface area contributed by atoms with Crippen molar-refractivity contribution in [2.24, 2.45) is 0 Å². The number of rotatable bonds is 8. The zero-order chi connectivity index (χ0) is 16.7. The molecule has 5 heteroatoms. The zero-order valence-electron chi connectivity index (χ0n) is 14.5. The SMILES string of the molecule is CN(C)CCCNC(=O)CCc1ccc(N2CCCC2)c(N)c1. The number of amides is 1. The zero-order valence-corrected chi connectivity index (χ0v) is 14.5. The van der Waals surface area contributed by atoms with Gasteiger partial charge >= 0.3 is 0 Å². The van der Waals surface area contributed by atoms with Crippen LogP contribution in [-0.4, -0.2) is 51.1 Å². The van der Waals surface area contributed by atoms with Gasteiger partial charge in [0.25, 0.3) is 0 Å². The van der Waals surface area contributed by atoms with Crippen LogP contribution in [0.3, 0.4) is 0 Å². The number of nitrogens with zero attached hydrogens (tertiary/aromatic N) is 2. The summed E-state index contributed by atoms with van der Waals surface area (Å²) in [6, 6.07) is 6.22. The molecular formula is C18H30N4O. The summed E-state index contributed by atoms with van der Waals surface area (Å²) in [5, 5.41) is 2.97. The van der Waals surface area contributed by atoms with E-state index in [4.69, 9.17) is 5.73 Å². The van der Waals surface area contributed by atoms with Gasteiger partial charge in [0.15, 0.2) is 0 Å². The van der Waals surface area contributed by atoms with Crippen molar-refractivity contribution < 1.29 is 4.79 Å². The molecule has 1 saturated heterocycles. The van der Waals surface area contributed by atoms with E-state index in [0.717, 1.165) is 56.0 Å². The Kier molecular flexibility index (Phi) is 6.71. The Morgan fingerprint density at radius 3 is 2.70 bits per heavy atom. The Morgan fingerprint density at radius 1 is 1.30 bits per heavy atom. The highest BCUT2D eigenvalue weighted by molar-refractivity contribution is 5.76. The van der Waals surface area contributed by atoms with Crippen molar-refractivity contribution in [3.05, 3.63) is 23.8 Å². The summed E-state index contributed by atoms with van der Waals surface area (Å²) in [4.78, 5) is 16.3. The number of carbonyl (C=O) groups is 1. The van der Waals surface area contributed by atoms with E-state index in [1.807, 2.05) is 20.2 Å². The normalized spacial score (nSPS) is 14.5. The maximum Gasteiger partial charge on any atom is 0.220 e. The monoisotopic (exact) mass is 318 g/mol. The number of anilines is 2. The van der Waals surface area contributed by atoms with Crippen LogP contribution in [0.5, 0.6) is 0 Å². The first-order valence-corrected chi connectivity index (χ1v) is 8.61. The van der Waals surface area contributed by atoms with E-state index in [-0.39, 0.29) is 5.91 Å². The average molecular weight is 318 g/mol. The Morgan fingerprint density at radius 2 is 2.04 bits per heavy atom. The Labute approximate surface area is 139 Å². The van der Waals surface area contributed by atoms with Crippen LogP contribution in [0.25, 0.3) is 0 Å². The molecule has 128 valence electrons. The van der Waals surface area contributed by atoms with Gasteiger partial charge in [0.05, 0.1) is 11.4 Å². The van der Waals surface area contributed by atoms with Crippen LogP contribution in [-0.2, 0) is 11.2 Å². The van der Waals surface area contributed by atoms with E-state index < -0.39 is 0 Å². The lowest BCUT2D eigenvalue weighted by molar-refractivity contribution is -0.121. The van der Waals surface area contributed by atoms with E-state index in [1.165, 1.54) is 12.8 Å². The third-order valence-corrected chi connectivity index (χ3v) is 4.28. The van der Waals surface area contributed by atoms with Gasteiger partial charge in [-0.1, -0.05) is 6.07 Å². The van der Waals surface area contributed by atoms with Gasteiger partial charge in [-0.15, -0.1) is 0 Å². The van der Waals surface area contributed by atoms with Crippen LogP contribution < -0.4 is 16.0 Å². The Balaban J connectivity index is 1.75. The first-order chi connectivity index (χ1) is 11.1. The highest BCUT2D eigenvalue weighted by atomic mass is 16.1. The van der Waals surface area contributed by atoms with Crippen molar-refractivity contribution in [2.75, 3.05) is 50.9 Å². The fraction of sp³-hybridized carbons (Fsp3) is 0.611. The topological polar surface area (TPSA) is 61.6 Å². The molecule has 1 heterocycles. The summed E-state index contributed by atoms with van der Waals surface area (Å²) >= 11 is 0. The van der Waals surface area contributed by atoms with Gasteiger partial charge in [-0.3, -0.25) is 4.79 Å². The number of hydrogen-bond acceptors (Lipinski definition) is 4. The number of nitrogens with two attached hydrogens (primary N) is 1. The third kappa shape index (κ3) is 5.75. The third-order valence-electron chi connectivity index (χ3n) is 4.28. The Hall–Kier alpha value is -1.75. The predicted molar refractivity (Wildman–Crippen MR) is 96.8 cm³/mol. The van der Waals surface area contributed by atoms with E-state index in [1.54, 1.807) is 0 Å². The van der Waals surface area contributed by atoms with Gasteiger partial charge in [-0.2, -0.15) is 0 Å². The van der Waals surface area contributed by atoms with Crippen molar-refractivity contribution in [1.82, 2.24) is 10.2 Å². The van der Waals surface area contributed by atoms with Crippen LogP contribution in [0.4, 0.5) is 11.4 Å². The minimum atomic E-state index is 0.117. The molecule has 1 aromatic carbocycles. The van der Waals surface area contributed by atoms with Crippen molar-refractivity contribution in [2.45, 2.75) is 32.1 Å². The lowest BCUT2D eigenvalue weighted by Gasteiger charge is -2.20. The first kappa shape index (κ1) is 17.6. The second kappa shape index (κ2) is 8.77. The molecule has 0 aliphatic carbocycles. The molecule has 5 nitrogen and oxygen atoms in total. The van der Waals surface area contributed by atoms with Crippen molar-refractivity contribution in [3.8, 4) is 0 Å². The standard InChI is InChI=1S/C18H30N4O/c1-21(2)11-5-10-20-18(23)9-7-15-6-8-17(16(19)14-15)22-12-3-4-13-22/h6,8,14H,3-5,7,9-13,19H2,1-2H3,(H,20,23). The molecule has 0 aromatic heterocycles. The fourth-order valence-corrected chi connectivity index (χ4v) is 2.97. The molecule has 0 bridgehead atoms. The molecule has 1 fully saturated rings. The number of benzene rings is 1. The summed E-state index contributed by atoms with van der Waals surface area (Å²) in [7, 11) is 4.08. The molecule has 0 unspecified atom stereocenters. The van der Waals surface area contributed by atoms with Gasteiger partial charge in [-0.25, -0.2) is 0 Å².